The molecule has 0 aromatic carbocycles. The minimum atomic E-state index is 0.364. The maximum Gasteiger partial charge on any atom is 0.138 e. The van der Waals surface area contributed by atoms with E-state index in [9.17, 15) is 4.79 Å². The standard InChI is InChI=1S/C15H24N2O/c1-12-10-14(17(2)16-12)11-15(18)9-8-13-6-4-3-5-7-13/h10,13H,3-9,11H2,1-2H3. The van der Waals surface area contributed by atoms with Gasteiger partial charge in [0.1, 0.15) is 5.78 Å². The van der Waals surface area contributed by atoms with E-state index >= 15 is 0 Å². The van der Waals surface area contributed by atoms with Crippen LogP contribution in [0.15, 0.2) is 6.07 Å². The molecule has 0 amide bonds. The second kappa shape index (κ2) is 6.17. The third-order valence-electron chi connectivity index (χ3n) is 4.03. The van der Waals surface area contributed by atoms with Gasteiger partial charge in [-0.3, -0.25) is 9.48 Å². The number of carbonyl (C=O) groups is 1. The quantitative estimate of drug-likeness (QED) is 0.802. The first-order valence-corrected chi connectivity index (χ1v) is 7.16. The Morgan fingerprint density at radius 3 is 2.72 bits per heavy atom. The van der Waals surface area contributed by atoms with Crippen molar-refractivity contribution in [2.75, 3.05) is 0 Å². The van der Waals surface area contributed by atoms with E-state index in [0.29, 0.717) is 12.2 Å². The first-order chi connectivity index (χ1) is 8.65. The van der Waals surface area contributed by atoms with Crippen LogP contribution in [0.3, 0.4) is 0 Å². The van der Waals surface area contributed by atoms with Gasteiger partial charge in [0.2, 0.25) is 0 Å². The van der Waals surface area contributed by atoms with Crippen LogP contribution in [0.25, 0.3) is 0 Å². The largest absolute Gasteiger partial charge is 0.299 e. The number of rotatable bonds is 5. The Morgan fingerprint density at radius 2 is 2.11 bits per heavy atom. The van der Waals surface area contributed by atoms with Crippen LogP contribution in [-0.4, -0.2) is 15.6 Å². The van der Waals surface area contributed by atoms with E-state index in [4.69, 9.17) is 0 Å². The highest BCUT2D eigenvalue weighted by atomic mass is 16.1. The van der Waals surface area contributed by atoms with Crippen LogP contribution in [0.4, 0.5) is 0 Å². The van der Waals surface area contributed by atoms with Gasteiger partial charge in [0.25, 0.3) is 0 Å². The van der Waals surface area contributed by atoms with E-state index < -0.39 is 0 Å². The molecule has 3 heteroatoms. The van der Waals surface area contributed by atoms with Crippen LogP contribution < -0.4 is 0 Å². The summed E-state index contributed by atoms with van der Waals surface area (Å²) in [6.07, 6.45) is 9.16. The lowest BCUT2D eigenvalue weighted by Gasteiger charge is -2.20. The summed E-state index contributed by atoms with van der Waals surface area (Å²) in [5.74, 6) is 1.17. The van der Waals surface area contributed by atoms with Crippen LogP contribution in [0, 0.1) is 12.8 Å². The van der Waals surface area contributed by atoms with E-state index in [1.54, 1.807) is 0 Å². The van der Waals surface area contributed by atoms with Gasteiger partial charge in [-0.15, -0.1) is 0 Å². The van der Waals surface area contributed by atoms with Crippen molar-refractivity contribution in [1.29, 1.82) is 0 Å². The predicted molar refractivity (Wildman–Crippen MR) is 72.5 cm³/mol. The Kier molecular flexibility index (Phi) is 4.56. The first-order valence-electron chi connectivity index (χ1n) is 7.16. The molecule has 1 aliphatic rings. The Morgan fingerprint density at radius 1 is 1.39 bits per heavy atom. The van der Waals surface area contributed by atoms with Crippen molar-refractivity contribution in [1.82, 2.24) is 9.78 Å². The molecule has 0 unspecified atom stereocenters. The molecule has 0 atom stereocenters. The number of hydrogen-bond acceptors (Lipinski definition) is 2. The summed E-state index contributed by atoms with van der Waals surface area (Å²) >= 11 is 0. The smallest absolute Gasteiger partial charge is 0.138 e. The summed E-state index contributed by atoms with van der Waals surface area (Å²) in [4.78, 5) is 12.0. The summed E-state index contributed by atoms with van der Waals surface area (Å²) < 4.78 is 1.83. The highest BCUT2D eigenvalue weighted by molar-refractivity contribution is 5.80. The normalized spacial score (nSPS) is 17.0. The molecule has 0 bridgehead atoms. The minimum absolute atomic E-state index is 0.364. The summed E-state index contributed by atoms with van der Waals surface area (Å²) in [5, 5.41) is 4.28. The van der Waals surface area contributed by atoms with Crippen molar-refractivity contribution in [3.63, 3.8) is 0 Å². The molecule has 18 heavy (non-hydrogen) atoms. The number of Topliss-reactive ketones (excluding diaryl/α,β-unsaturated/α-hetero) is 1. The summed E-state index contributed by atoms with van der Waals surface area (Å²) in [6, 6.07) is 2.01. The summed E-state index contributed by atoms with van der Waals surface area (Å²) in [7, 11) is 1.91. The number of nitrogens with zero attached hydrogens (tertiary/aromatic N) is 2. The number of hydrogen-bond donors (Lipinski definition) is 0. The number of aryl methyl sites for hydroxylation is 2. The predicted octanol–water partition coefficient (Wildman–Crippen LogP) is 3.20. The molecular formula is C15H24N2O. The molecule has 1 aromatic heterocycles. The molecule has 2 rings (SSSR count). The Bertz CT molecular complexity index is 403. The van der Waals surface area contributed by atoms with Gasteiger partial charge < -0.3 is 0 Å². The molecule has 1 saturated carbocycles. The monoisotopic (exact) mass is 248 g/mol. The lowest BCUT2D eigenvalue weighted by Crippen LogP contribution is -2.11. The second-order valence-electron chi connectivity index (χ2n) is 5.66. The fraction of sp³-hybridized carbons (Fsp3) is 0.733. The van der Waals surface area contributed by atoms with Gasteiger partial charge in [-0.25, -0.2) is 0 Å². The third kappa shape index (κ3) is 3.69. The van der Waals surface area contributed by atoms with Crippen LogP contribution >= 0.6 is 0 Å². The molecule has 0 N–H and O–H groups in total. The zero-order valence-corrected chi connectivity index (χ0v) is 11.6. The molecule has 1 aromatic rings. The molecule has 0 saturated heterocycles. The van der Waals surface area contributed by atoms with E-state index in [0.717, 1.165) is 30.1 Å². The highest BCUT2D eigenvalue weighted by Gasteiger charge is 2.15. The van der Waals surface area contributed by atoms with Crippen molar-refractivity contribution in [3.8, 4) is 0 Å². The molecule has 0 radical (unpaired) electrons. The van der Waals surface area contributed by atoms with Crippen molar-refractivity contribution < 1.29 is 4.79 Å². The maximum absolute atomic E-state index is 12.0. The van der Waals surface area contributed by atoms with Crippen molar-refractivity contribution >= 4 is 5.78 Å². The third-order valence-corrected chi connectivity index (χ3v) is 4.03. The molecule has 1 aliphatic carbocycles. The van der Waals surface area contributed by atoms with Gasteiger partial charge in [0.15, 0.2) is 0 Å². The lowest BCUT2D eigenvalue weighted by molar-refractivity contribution is -0.118. The van der Waals surface area contributed by atoms with Gasteiger partial charge in [-0.2, -0.15) is 5.10 Å². The fourth-order valence-electron chi connectivity index (χ4n) is 2.96. The lowest BCUT2D eigenvalue weighted by atomic mass is 9.85. The minimum Gasteiger partial charge on any atom is -0.299 e. The summed E-state index contributed by atoms with van der Waals surface area (Å²) in [5.41, 5.74) is 2.04. The Balaban J connectivity index is 1.76. The van der Waals surface area contributed by atoms with E-state index in [1.807, 2.05) is 24.7 Å². The number of aromatic nitrogens is 2. The number of ketones is 1. The van der Waals surface area contributed by atoms with Crippen LogP contribution in [0.1, 0.15) is 56.3 Å². The van der Waals surface area contributed by atoms with Gasteiger partial charge in [0, 0.05) is 25.6 Å². The average Bonchev–Trinajstić information content (AvgIpc) is 2.67. The highest BCUT2D eigenvalue weighted by Crippen LogP contribution is 2.27. The molecule has 3 nitrogen and oxygen atoms in total. The average molecular weight is 248 g/mol. The van der Waals surface area contributed by atoms with E-state index in [2.05, 4.69) is 5.10 Å². The van der Waals surface area contributed by atoms with Crippen LogP contribution in [0.5, 0.6) is 0 Å². The summed E-state index contributed by atoms with van der Waals surface area (Å²) in [6.45, 7) is 1.97. The van der Waals surface area contributed by atoms with Crippen molar-refractivity contribution in [2.24, 2.45) is 13.0 Å². The molecule has 0 spiro atoms. The zero-order chi connectivity index (χ0) is 13.0. The zero-order valence-electron chi connectivity index (χ0n) is 11.6. The van der Waals surface area contributed by atoms with Crippen molar-refractivity contribution in [2.45, 2.75) is 58.3 Å². The molecule has 100 valence electrons. The van der Waals surface area contributed by atoms with Gasteiger partial charge in [0.05, 0.1) is 5.69 Å². The van der Waals surface area contributed by atoms with Crippen LogP contribution in [-0.2, 0) is 18.3 Å². The van der Waals surface area contributed by atoms with Crippen LogP contribution in [0.2, 0.25) is 0 Å². The Hall–Kier alpha value is -1.12. The molecule has 0 aliphatic heterocycles. The van der Waals surface area contributed by atoms with Crippen molar-refractivity contribution in [3.05, 3.63) is 17.5 Å². The second-order valence-corrected chi connectivity index (χ2v) is 5.66. The topological polar surface area (TPSA) is 34.9 Å². The SMILES string of the molecule is Cc1cc(CC(=O)CCC2CCCCC2)n(C)n1. The molecule has 1 fully saturated rings. The number of carbonyl (C=O) groups excluding carboxylic acids is 1. The van der Waals surface area contributed by atoms with E-state index in [1.165, 1.54) is 32.1 Å². The van der Waals surface area contributed by atoms with Gasteiger partial charge >= 0.3 is 0 Å². The molecule has 1 heterocycles. The van der Waals surface area contributed by atoms with Gasteiger partial charge in [-0.1, -0.05) is 32.1 Å². The van der Waals surface area contributed by atoms with Gasteiger partial charge in [-0.05, 0) is 25.3 Å². The van der Waals surface area contributed by atoms with E-state index in [-0.39, 0.29) is 0 Å². The molecular weight excluding hydrogens is 224 g/mol. The fourth-order valence-corrected chi connectivity index (χ4v) is 2.96. The maximum atomic E-state index is 12.0. The Labute approximate surface area is 110 Å². The first kappa shape index (κ1) is 13.3.